The summed E-state index contributed by atoms with van der Waals surface area (Å²) in [4.78, 5) is 0. The quantitative estimate of drug-likeness (QED) is 0.229. The Bertz CT molecular complexity index is 2280. The van der Waals surface area contributed by atoms with E-state index in [-0.39, 0.29) is 0 Å². The minimum absolute atomic E-state index is 0.652. The van der Waals surface area contributed by atoms with E-state index in [9.17, 15) is 5.26 Å². The third kappa shape index (κ3) is 3.55. The van der Waals surface area contributed by atoms with Crippen LogP contribution in [0.2, 0.25) is 0 Å². The van der Waals surface area contributed by atoms with E-state index in [0.29, 0.717) is 5.56 Å². The van der Waals surface area contributed by atoms with Crippen molar-refractivity contribution in [3.63, 3.8) is 0 Å². The molecule has 0 N–H and O–H groups in total. The van der Waals surface area contributed by atoms with Gasteiger partial charge in [-0.1, -0.05) is 78.9 Å². The summed E-state index contributed by atoms with van der Waals surface area (Å²) in [5.41, 5.74) is 8.56. The lowest BCUT2D eigenvalue weighted by Gasteiger charge is -2.16. The maximum absolute atomic E-state index is 10.5. The normalized spacial score (nSPS) is 11.5. The Labute approximate surface area is 235 Å². The number of rotatable bonds is 3. The molecule has 8 aromatic rings. The van der Waals surface area contributed by atoms with Crippen molar-refractivity contribution in [2.75, 3.05) is 0 Å². The van der Waals surface area contributed by atoms with Gasteiger partial charge >= 0.3 is 0 Å². The lowest BCUT2D eigenvalue weighted by atomic mass is 9.86. The average molecular weight is 528 g/mol. The number of thiophene rings is 1. The molecule has 0 aliphatic heterocycles. The Morgan fingerprint density at radius 2 is 1.20 bits per heavy atom. The highest BCUT2D eigenvalue weighted by Gasteiger charge is 2.18. The van der Waals surface area contributed by atoms with E-state index in [1.165, 1.54) is 20.2 Å². The molecule has 6 aromatic carbocycles. The van der Waals surface area contributed by atoms with Gasteiger partial charge < -0.3 is 4.42 Å². The van der Waals surface area contributed by atoms with Gasteiger partial charge in [0.25, 0.3) is 0 Å². The van der Waals surface area contributed by atoms with Gasteiger partial charge in [-0.3, -0.25) is 0 Å². The second-order valence-electron chi connectivity index (χ2n) is 10.0. The first-order valence-electron chi connectivity index (χ1n) is 13.2. The van der Waals surface area contributed by atoms with Gasteiger partial charge in [0, 0.05) is 36.5 Å². The van der Waals surface area contributed by atoms with Gasteiger partial charge in [-0.05, 0) is 76.3 Å². The van der Waals surface area contributed by atoms with Crippen molar-refractivity contribution in [3.05, 3.63) is 133 Å². The van der Waals surface area contributed by atoms with Crippen LogP contribution in [-0.2, 0) is 0 Å². The Morgan fingerprint density at radius 3 is 2.08 bits per heavy atom. The van der Waals surface area contributed by atoms with E-state index in [4.69, 9.17) is 4.42 Å². The van der Waals surface area contributed by atoms with Crippen LogP contribution in [0.25, 0.3) is 75.5 Å². The lowest BCUT2D eigenvalue weighted by Crippen LogP contribution is -1.93. The molecule has 2 aromatic heterocycles. The van der Waals surface area contributed by atoms with Crippen molar-refractivity contribution in [3.8, 4) is 39.4 Å². The molecule has 0 radical (unpaired) electrons. The molecule has 8 rings (SSSR count). The zero-order valence-electron chi connectivity index (χ0n) is 21.4. The second-order valence-corrected chi connectivity index (χ2v) is 11.1. The summed E-state index contributed by atoms with van der Waals surface area (Å²) < 4.78 is 8.65. The largest absolute Gasteiger partial charge is 0.456 e. The molecule has 2 nitrogen and oxygen atoms in total. The van der Waals surface area contributed by atoms with E-state index in [0.717, 1.165) is 55.3 Å². The summed E-state index contributed by atoms with van der Waals surface area (Å²) >= 11 is 1.81. The first-order valence-corrected chi connectivity index (χ1v) is 14.1. The van der Waals surface area contributed by atoms with E-state index < -0.39 is 0 Å². The van der Waals surface area contributed by atoms with Crippen LogP contribution in [0.5, 0.6) is 0 Å². The van der Waals surface area contributed by atoms with Crippen LogP contribution >= 0.6 is 11.3 Å². The zero-order valence-corrected chi connectivity index (χ0v) is 22.2. The topological polar surface area (TPSA) is 36.9 Å². The van der Waals surface area contributed by atoms with Crippen molar-refractivity contribution in [2.45, 2.75) is 0 Å². The van der Waals surface area contributed by atoms with Crippen molar-refractivity contribution in [1.29, 1.82) is 5.26 Å². The molecule has 0 saturated carbocycles. The molecule has 2 heterocycles. The van der Waals surface area contributed by atoms with Crippen molar-refractivity contribution >= 4 is 53.4 Å². The third-order valence-electron chi connectivity index (χ3n) is 7.72. The number of hydrogen-bond donors (Lipinski definition) is 0. The number of nitriles is 1. The van der Waals surface area contributed by atoms with Crippen molar-refractivity contribution < 1.29 is 4.42 Å². The van der Waals surface area contributed by atoms with Gasteiger partial charge in [0.2, 0.25) is 0 Å². The predicted molar refractivity (Wildman–Crippen MR) is 168 cm³/mol. The third-order valence-corrected chi connectivity index (χ3v) is 8.87. The van der Waals surface area contributed by atoms with Gasteiger partial charge in [0.05, 0.1) is 11.6 Å². The van der Waals surface area contributed by atoms with Gasteiger partial charge in [0.1, 0.15) is 11.2 Å². The smallest absolute Gasteiger partial charge is 0.135 e. The molecule has 0 aliphatic carbocycles. The van der Waals surface area contributed by atoms with Gasteiger partial charge in [0.15, 0.2) is 0 Å². The highest BCUT2D eigenvalue weighted by atomic mass is 32.1. The molecule has 0 saturated heterocycles. The van der Waals surface area contributed by atoms with Crippen LogP contribution in [0.4, 0.5) is 0 Å². The SMILES string of the molecule is N#Cc1cc(-c2ccccc2)cc(-c2ccc3sc4ccccc4c3c2)c1-c1ccc2oc3ccccc3c2c1. The maximum Gasteiger partial charge on any atom is 0.135 e. The fourth-order valence-electron chi connectivity index (χ4n) is 5.84. The number of para-hydroxylation sites is 1. The molecule has 0 unspecified atom stereocenters. The highest BCUT2D eigenvalue weighted by molar-refractivity contribution is 7.25. The van der Waals surface area contributed by atoms with Crippen LogP contribution in [0.3, 0.4) is 0 Å². The molecule has 0 bridgehead atoms. The monoisotopic (exact) mass is 527 g/mol. The van der Waals surface area contributed by atoms with Crippen molar-refractivity contribution in [1.82, 2.24) is 0 Å². The lowest BCUT2D eigenvalue weighted by molar-refractivity contribution is 0.669. The fraction of sp³-hybridized carbons (Fsp3) is 0. The highest BCUT2D eigenvalue weighted by Crippen LogP contribution is 2.43. The van der Waals surface area contributed by atoms with E-state index in [1.54, 1.807) is 0 Å². The van der Waals surface area contributed by atoms with Crippen LogP contribution in [-0.4, -0.2) is 0 Å². The molecule has 0 spiro atoms. The van der Waals surface area contributed by atoms with Crippen LogP contribution in [0.1, 0.15) is 5.56 Å². The molecule has 40 heavy (non-hydrogen) atoms. The Balaban J connectivity index is 1.44. The van der Waals surface area contributed by atoms with Crippen LogP contribution < -0.4 is 0 Å². The Morgan fingerprint density at radius 1 is 0.500 bits per heavy atom. The summed E-state index contributed by atoms with van der Waals surface area (Å²) in [7, 11) is 0. The number of benzene rings is 6. The van der Waals surface area contributed by atoms with Crippen LogP contribution in [0, 0.1) is 11.3 Å². The minimum Gasteiger partial charge on any atom is -0.456 e. The number of fused-ring (bicyclic) bond motifs is 6. The van der Waals surface area contributed by atoms with E-state index in [2.05, 4.69) is 84.9 Å². The minimum atomic E-state index is 0.652. The molecule has 0 atom stereocenters. The molecule has 186 valence electrons. The van der Waals surface area contributed by atoms with Gasteiger partial charge in [-0.2, -0.15) is 5.26 Å². The van der Waals surface area contributed by atoms with E-state index >= 15 is 0 Å². The number of nitrogens with zero attached hydrogens (tertiary/aromatic N) is 1. The summed E-state index contributed by atoms with van der Waals surface area (Å²) in [6.07, 6.45) is 0. The molecule has 0 amide bonds. The molecule has 3 heteroatoms. The van der Waals surface area contributed by atoms with Gasteiger partial charge in [-0.25, -0.2) is 0 Å². The first kappa shape index (κ1) is 22.8. The summed E-state index contributed by atoms with van der Waals surface area (Å²) in [5.74, 6) is 0. The molecular formula is C37H21NOS. The summed E-state index contributed by atoms with van der Waals surface area (Å²) in [6.45, 7) is 0. The standard InChI is InChI=1S/C37H21NOS/c38-22-27-18-26(23-8-2-1-3-9-23)21-30(24-15-17-36-32(19-24)29-11-5-7-13-35(29)40-36)37(27)25-14-16-34-31(20-25)28-10-4-6-12-33(28)39-34/h1-21H. The summed E-state index contributed by atoms with van der Waals surface area (Å²) in [5, 5.41) is 15.1. The fourth-order valence-corrected chi connectivity index (χ4v) is 6.93. The van der Waals surface area contributed by atoms with E-state index in [1.807, 2.05) is 59.9 Å². The van der Waals surface area contributed by atoms with Gasteiger partial charge in [-0.15, -0.1) is 11.3 Å². The predicted octanol–water partition coefficient (Wildman–Crippen LogP) is 10.8. The number of hydrogen-bond acceptors (Lipinski definition) is 3. The molecular weight excluding hydrogens is 506 g/mol. The molecule has 0 fully saturated rings. The summed E-state index contributed by atoms with van der Waals surface area (Å²) in [6, 6.07) is 46.7. The Hall–Kier alpha value is -5.17. The average Bonchev–Trinajstić information content (AvgIpc) is 3.58. The van der Waals surface area contributed by atoms with Crippen molar-refractivity contribution in [2.24, 2.45) is 0 Å². The number of furan rings is 1. The van der Waals surface area contributed by atoms with Crippen LogP contribution in [0.15, 0.2) is 132 Å². The zero-order chi connectivity index (χ0) is 26.6. The Kier molecular flexibility index (Phi) is 5.10. The molecule has 0 aliphatic rings. The first-order chi connectivity index (χ1) is 19.8. The second kappa shape index (κ2) is 8.95. The maximum atomic E-state index is 10.5.